The maximum Gasteiger partial charge on any atom is 0.233 e. The van der Waals surface area contributed by atoms with Crippen molar-refractivity contribution in [3.05, 3.63) is 71.7 Å². The van der Waals surface area contributed by atoms with Gasteiger partial charge in [0, 0.05) is 35.2 Å². The van der Waals surface area contributed by atoms with Crippen LogP contribution in [0, 0.1) is 5.82 Å². The number of rotatable bonds is 7. The lowest BCUT2D eigenvalue weighted by atomic mass is 10.1. The van der Waals surface area contributed by atoms with E-state index in [-0.39, 0.29) is 24.3 Å². The Hall–Kier alpha value is -2.66. The van der Waals surface area contributed by atoms with E-state index < -0.39 is 0 Å². The molecule has 0 saturated heterocycles. The van der Waals surface area contributed by atoms with E-state index in [0.29, 0.717) is 12.1 Å². The second-order valence-corrected chi connectivity index (χ2v) is 6.08. The number of carbonyl (C=O) groups is 1. The van der Waals surface area contributed by atoms with Crippen LogP contribution in [0.15, 0.2) is 54.7 Å². The van der Waals surface area contributed by atoms with Crippen molar-refractivity contribution in [3.8, 4) is 0 Å². The van der Waals surface area contributed by atoms with Gasteiger partial charge in [-0.15, -0.1) is 0 Å². The zero-order chi connectivity index (χ0) is 17.6. The number of amides is 1. The predicted molar refractivity (Wildman–Crippen MR) is 97.8 cm³/mol. The van der Waals surface area contributed by atoms with Crippen LogP contribution in [0.4, 0.5) is 4.39 Å². The second kappa shape index (κ2) is 7.94. The number of halogens is 1. The largest absolute Gasteiger partial charge is 0.361 e. The van der Waals surface area contributed by atoms with Crippen molar-refractivity contribution >= 4 is 16.8 Å². The van der Waals surface area contributed by atoms with Crippen LogP contribution in [0.5, 0.6) is 0 Å². The maximum atomic E-state index is 13.7. The zero-order valence-corrected chi connectivity index (χ0v) is 14.2. The number of hydrogen-bond acceptors (Lipinski definition) is 2. The molecular weight excluding hydrogens is 317 g/mol. The van der Waals surface area contributed by atoms with Crippen molar-refractivity contribution in [2.75, 3.05) is 13.1 Å². The summed E-state index contributed by atoms with van der Waals surface area (Å²) in [5.41, 5.74) is 2.85. The average Bonchev–Trinajstić information content (AvgIpc) is 3.03. The Kier molecular flexibility index (Phi) is 5.46. The Labute approximate surface area is 146 Å². The molecule has 0 aliphatic rings. The van der Waals surface area contributed by atoms with E-state index in [2.05, 4.69) is 21.7 Å². The van der Waals surface area contributed by atoms with Gasteiger partial charge in [-0.3, -0.25) is 4.79 Å². The molecule has 0 bridgehead atoms. The van der Waals surface area contributed by atoms with E-state index in [1.807, 2.05) is 31.3 Å². The third-order valence-electron chi connectivity index (χ3n) is 4.33. The summed E-state index contributed by atoms with van der Waals surface area (Å²) in [5.74, 6) is -0.356. The van der Waals surface area contributed by atoms with Crippen LogP contribution in [0.1, 0.15) is 24.1 Å². The monoisotopic (exact) mass is 339 g/mol. The van der Waals surface area contributed by atoms with Crippen LogP contribution >= 0.6 is 0 Å². The van der Waals surface area contributed by atoms with E-state index in [1.165, 1.54) is 17.0 Å². The van der Waals surface area contributed by atoms with Gasteiger partial charge >= 0.3 is 0 Å². The van der Waals surface area contributed by atoms with Gasteiger partial charge in [-0.25, -0.2) is 4.39 Å². The summed E-state index contributed by atoms with van der Waals surface area (Å²) >= 11 is 0. The second-order valence-electron chi connectivity index (χ2n) is 6.08. The minimum absolute atomic E-state index is 0.0944. The normalized spacial score (nSPS) is 12.2. The number of H-pyrrole nitrogens is 1. The van der Waals surface area contributed by atoms with Crippen molar-refractivity contribution in [2.45, 2.75) is 19.4 Å². The molecule has 0 radical (unpaired) electrons. The van der Waals surface area contributed by atoms with Crippen LogP contribution < -0.4 is 10.6 Å². The summed E-state index contributed by atoms with van der Waals surface area (Å²) in [6.45, 7) is 2.57. The standard InChI is InChI=1S/C20H22FN3O/c1-14(16-6-2-4-8-18(16)21)23-13-20(25)22-11-10-15-12-24-19-9-5-3-7-17(15)19/h2-9,12,14,23-24H,10-11,13H2,1H3,(H,22,25). The van der Waals surface area contributed by atoms with Crippen LogP contribution in [0.25, 0.3) is 10.9 Å². The summed E-state index contributed by atoms with van der Waals surface area (Å²) in [7, 11) is 0. The third kappa shape index (κ3) is 4.25. The van der Waals surface area contributed by atoms with Gasteiger partial charge in [0.15, 0.2) is 0 Å². The quantitative estimate of drug-likeness (QED) is 0.618. The van der Waals surface area contributed by atoms with Crippen molar-refractivity contribution < 1.29 is 9.18 Å². The van der Waals surface area contributed by atoms with E-state index in [1.54, 1.807) is 18.2 Å². The molecule has 3 rings (SSSR count). The lowest BCUT2D eigenvalue weighted by Crippen LogP contribution is -2.36. The molecule has 1 unspecified atom stereocenters. The maximum absolute atomic E-state index is 13.7. The highest BCUT2D eigenvalue weighted by molar-refractivity contribution is 5.83. The first-order valence-corrected chi connectivity index (χ1v) is 8.44. The summed E-state index contributed by atoms with van der Waals surface area (Å²) < 4.78 is 13.7. The van der Waals surface area contributed by atoms with E-state index in [0.717, 1.165) is 11.9 Å². The van der Waals surface area contributed by atoms with Crippen LogP contribution in [0.2, 0.25) is 0 Å². The van der Waals surface area contributed by atoms with Gasteiger partial charge < -0.3 is 15.6 Å². The fourth-order valence-corrected chi connectivity index (χ4v) is 2.92. The fourth-order valence-electron chi connectivity index (χ4n) is 2.92. The van der Waals surface area contributed by atoms with E-state index >= 15 is 0 Å². The molecule has 1 amide bonds. The van der Waals surface area contributed by atoms with E-state index in [9.17, 15) is 9.18 Å². The Morgan fingerprint density at radius 2 is 1.92 bits per heavy atom. The topological polar surface area (TPSA) is 56.9 Å². The number of aromatic amines is 1. The van der Waals surface area contributed by atoms with Gasteiger partial charge in [-0.1, -0.05) is 36.4 Å². The summed E-state index contributed by atoms with van der Waals surface area (Å²) in [4.78, 5) is 15.2. The molecule has 0 aliphatic carbocycles. The molecule has 0 aliphatic heterocycles. The number of nitrogens with one attached hydrogen (secondary N) is 3. The number of aromatic nitrogens is 1. The fraction of sp³-hybridized carbons (Fsp3) is 0.250. The molecule has 1 aromatic heterocycles. The molecule has 3 N–H and O–H groups in total. The number of benzene rings is 2. The van der Waals surface area contributed by atoms with Gasteiger partial charge in [-0.2, -0.15) is 0 Å². The van der Waals surface area contributed by atoms with Crippen LogP contribution in [0.3, 0.4) is 0 Å². The smallest absolute Gasteiger partial charge is 0.233 e. The number of para-hydroxylation sites is 1. The molecule has 4 nitrogen and oxygen atoms in total. The Bertz CT molecular complexity index is 859. The zero-order valence-electron chi connectivity index (χ0n) is 14.2. The molecule has 25 heavy (non-hydrogen) atoms. The summed E-state index contributed by atoms with van der Waals surface area (Å²) in [6, 6.07) is 14.5. The highest BCUT2D eigenvalue weighted by atomic mass is 19.1. The van der Waals surface area contributed by atoms with Gasteiger partial charge in [0.05, 0.1) is 6.54 Å². The van der Waals surface area contributed by atoms with Gasteiger partial charge in [0.2, 0.25) is 5.91 Å². The molecule has 1 atom stereocenters. The van der Waals surface area contributed by atoms with Crippen LogP contribution in [-0.4, -0.2) is 24.0 Å². The molecule has 2 aromatic carbocycles. The number of fused-ring (bicyclic) bond motifs is 1. The molecule has 3 aromatic rings. The minimum Gasteiger partial charge on any atom is -0.361 e. The van der Waals surface area contributed by atoms with Crippen molar-refractivity contribution in [3.63, 3.8) is 0 Å². The first kappa shape index (κ1) is 17.2. The summed E-state index contributed by atoms with van der Waals surface area (Å²) in [5, 5.41) is 7.14. The van der Waals surface area contributed by atoms with Gasteiger partial charge in [0.25, 0.3) is 0 Å². The molecule has 1 heterocycles. The lowest BCUT2D eigenvalue weighted by molar-refractivity contribution is -0.120. The summed E-state index contributed by atoms with van der Waals surface area (Å²) in [6.07, 6.45) is 2.74. The SMILES string of the molecule is CC(NCC(=O)NCCc1c[nH]c2ccccc12)c1ccccc1F. The van der Waals surface area contributed by atoms with Gasteiger partial charge in [0.1, 0.15) is 5.82 Å². The third-order valence-corrected chi connectivity index (χ3v) is 4.33. The Morgan fingerprint density at radius 1 is 1.16 bits per heavy atom. The highest BCUT2D eigenvalue weighted by Crippen LogP contribution is 2.18. The average molecular weight is 339 g/mol. The predicted octanol–water partition coefficient (Wildman–Crippen LogP) is 3.32. The minimum atomic E-state index is -0.262. The Balaban J connectivity index is 1.45. The van der Waals surface area contributed by atoms with Crippen molar-refractivity contribution in [2.24, 2.45) is 0 Å². The van der Waals surface area contributed by atoms with Crippen LogP contribution in [-0.2, 0) is 11.2 Å². The first-order chi connectivity index (χ1) is 12.1. The first-order valence-electron chi connectivity index (χ1n) is 8.44. The molecule has 0 fully saturated rings. The molecule has 5 heteroatoms. The van der Waals surface area contributed by atoms with Crippen molar-refractivity contribution in [1.82, 2.24) is 15.6 Å². The molecule has 0 spiro atoms. The molecule has 130 valence electrons. The molecular formula is C20H22FN3O. The van der Waals surface area contributed by atoms with Gasteiger partial charge in [-0.05, 0) is 31.0 Å². The Morgan fingerprint density at radius 3 is 2.76 bits per heavy atom. The highest BCUT2D eigenvalue weighted by Gasteiger charge is 2.11. The van der Waals surface area contributed by atoms with E-state index in [4.69, 9.17) is 0 Å². The lowest BCUT2D eigenvalue weighted by Gasteiger charge is -2.14. The van der Waals surface area contributed by atoms with Crippen molar-refractivity contribution in [1.29, 1.82) is 0 Å². The number of hydrogen-bond donors (Lipinski definition) is 3. The molecule has 0 saturated carbocycles. The number of carbonyl (C=O) groups excluding carboxylic acids is 1.